The van der Waals surface area contributed by atoms with Crippen LogP contribution >= 0.6 is 11.8 Å². The molecule has 1 rings (SSSR count). The molecule has 0 aromatic carbocycles. The number of esters is 1. The number of nitrogens with one attached hydrogen (secondary N) is 1. The molecule has 1 heterocycles. The summed E-state index contributed by atoms with van der Waals surface area (Å²) in [5.74, 6) is -0.522. The molecule has 0 saturated heterocycles. The fourth-order valence-corrected chi connectivity index (χ4v) is 2.44. The van der Waals surface area contributed by atoms with Crippen LogP contribution in [0.2, 0.25) is 0 Å². The Morgan fingerprint density at radius 3 is 2.76 bits per heavy atom. The second-order valence-corrected chi connectivity index (χ2v) is 5.96. The van der Waals surface area contributed by atoms with Crippen LogP contribution < -0.4 is 5.32 Å². The highest BCUT2D eigenvalue weighted by Gasteiger charge is 2.20. The van der Waals surface area contributed by atoms with Gasteiger partial charge in [-0.2, -0.15) is 0 Å². The maximum Gasteiger partial charge on any atom is 0.327 e. The predicted molar refractivity (Wildman–Crippen MR) is 77.7 cm³/mol. The predicted octanol–water partition coefficient (Wildman–Crippen LogP) is 0.631. The molecule has 0 fully saturated rings. The molecule has 2 unspecified atom stereocenters. The van der Waals surface area contributed by atoms with Crippen LogP contribution in [0, 0.1) is 0 Å². The molecule has 0 radical (unpaired) electrons. The number of carbonyl (C=O) groups excluding carboxylic acids is 2. The number of thioether (sulfide) groups is 1. The van der Waals surface area contributed by atoms with Gasteiger partial charge >= 0.3 is 5.97 Å². The van der Waals surface area contributed by atoms with Gasteiger partial charge in [0.05, 0.1) is 12.4 Å². The summed E-state index contributed by atoms with van der Waals surface area (Å²) in [4.78, 5) is 23.3. The molecule has 0 saturated carbocycles. The first-order valence-electron chi connectivity index (χ1n) is 6.77. The molecule has 21 heavy (non-hydrogen) atoms. The van der Waals surface area contributed by atoms with Crippen LogP contribution in [0.15, 0.2) is 5.16 Å². The minimum Gasteiger partial charge on any atom is -0.468 e. The fourth-order valence-electron chi connectivity index (χ4n) is 1.64. The Hall–Kier alpha value is -1.64. The third-order valence-electron chi connectivity index (χ3n) is 2.77. The van der Waals surface area contributed by atoms with Crippen molar-refractivity contribution in [1.82, 2.24) is 25.5 Å². The second-order valence-electron chi connectivity index (χ2n) is 4.65. The van der Waals surface area contributed by atoms with E-state index in [0.717, 1.165) is 12.8 Å². The van der Waals surface area contributed by atoms with E-state index in [2.05, 4.69) is 32.5 Å². The van der Waals surface area contributed by atoms with Crippen molar-refractivity contribution in [3.8, 4) is 0 Å². The molecule has 0 bridgehead atoms. The van der Waals surface area contributed by atoms with E-state index in [1.54, 1.807) is 6.92 Å². The molecule has 1 aromatic heterocycles. The second kappa shape index (κ2) is 8.60. The van der Waals surface area contributed by atoms with Crippen molar-refractivity contribution >= 4 is 23.6 Å². The molecule has 0 spiro atoms. The first-order chi connectivity index (χ1) is 9.97. The fraction of sp³-hybridized carbons (Fsp3) is 0.750. The van der Waals surface area contributed by atoms with Gasteiger partial charge in [0.25, 0.3) is 0 Å². The summed E-state index contributed by atoms with van der Waals surface area (Å²) >= 11 is 1.20. The Labute approximate surface area is 128 Å². The number of tetrazole rings is 1. The normalized spacial score (nSPS) is 13.5. The quantitative estimate of drug-likeness (QED) is 0.555. The summed E-state index contributed by atoms with van der Waals surface area (Å²) in [6.07, 6.45) is 1.95. The number of methoxy groups -OCH3 is 1. The molecular formula is C12H21N5O3S. The number of amides is 1. The molecule has 1 aromatic rings. The lowest BCUT2D eigenvalue weighted by Gasteiger charge is -2.16. The summed E-state index contributed by atoms with van der Waals surface area (Å²) in [5, 5.41) is 14.0. The Balaban J connectivity index is 2.58. The van der Waals surface area contributed by atoms with Crippen LogP contribution in [-0.2, 0) is 20.9 Å². The zero-order valence-corrected chi connectivity index (χ0v) is 13.5. The van der Waals surface area contributed by atoms with Gasteiger partial charge in [-0.3, -0.25) is 9.59 Å². The first kappa shape index (κ1) is 17.4. The van der Waals surface area contributed by atoms with Crippen molar-refractivity contribution in [2.75, 3.05) is 7.11 Å². The maximum absolute atomic E-state index is 12.0. The first-order valence-corrected chi connectivity index (χ1v) is 7.65. The van der Waals surface area contributed by atoms with Crippen LogP contribution in [0.25, 0.3) is 0 Å². The lowest BCUT2D eigenvalue weighted by atomic mass is 10.2. The van der Waals surface area contributed by atoms with Crippen molar-refractivity contribution in [3.05, 3.63) is 0 Å². The van der Waals surface area contributed by atoms with Gasteiger partial charge in [-0.1, -0.05) is 25.1 Å². The average Bonchev–Trinajstić information content (AvgIpc) is 2.85. The van der Waals surface area contributed by atoms with E-state index < -0.39 is 5.97 Å². The van der Waals surface area contributed by atoms with Crippen molar-refractivity contribution in [3.63, 3.8) is 0 Å². The maximum atomic E-state index is 12.0. The summed E-state index contributed by atoms with van der Waals surface area (Å²) in [5.41, 5.74) is 0. The summed E-state index contributed by atoms with van der Waals surface area (Å²) in [6.45, 7) is 5.74. The van der Waals surface area contributed by atoms with Gasteiger partial charge in [-0.05, 0) is 30.7 Å². The largest absolute Gasteiger partial charge is 0.468 e. The average molecular weight is 315 g/mol. The molecule has 1 N–H and O–H groups in total. The summed E-state index contributed by atoms with van der Waals surface area (Å²) in [6, 6.07) is 0.136. The standard InChI is InChI=1S/C12H21N5O3S/c1-5-6-8(2)13-11(19)9(3)21-12-14-15-16-17(12)7-10(18)20-4/h8-9H,5-7H2,1-4H3,(H,13,19). The number of ether oxygens (including phenoxy) is 1. The number of rotatable bonds is 8. The van der Waals surface area contributed by atoms with E-state index in [1.165, 1.54) is 23.6 Å². The summed E-state index contributed by atoms with van der Waals surface area (Å²) < 4.78 is 5.88. The van der Waals surface area contributed by atoms with E-state index in [-0.39, 0.29) is 23.7 Å². The van der Waals surface area contributed by atoms with Gasteiger partial charge in [0, 0.05) is 6.04 Å². The molecular weight excluding hydrogens is 294 g/mol. The molecule has 9 heteroatoms. The van der Waals surface area contributed by atoms with Crippen LogP contribution in [0.3, 0.4) is 0 Å². The Bertz CT molecular complexity index is 479. The zero-order chi connectivity index (χ0) is 15.8. The molecule has 0 aliphatic heterocycles. The van der Waals surface area contributed by atoms with Crippen molar-refractivity contribution in [1.29, 1.82) is 0 Å². The topological polar surface area (TPSA) is 99.0 Å². The number of nitrogens with zero attached hydrogens (tertiary/aromatic N) is 4. The van der Waals surface area contributed by atoms with Crippen LogP contribution in [0.1, 0.15) is 33.6 Å². The summed E-state index contributed by atoms with van der Waals surface area (Å²) in [7, 11) is 1.30. The third kappa shape index (κ3) is 5.70. The smallest absolute Gasteiger partial charge is 0.327 e. The monoisotopic (exact) mass is 315 g/mol. The van der Waals surface area contributed by atoms with Crippen molar-refractivity contribution < 1.29 is 14.3 Å². The number of hydrogen-bond donors (Lipinski definition) is 1. The van der Waals surface area contributed by atoms with Gasteiger partial charge in [-0.25, -0.2) is 4.68 Å². The minimum absolute atomic E-state index is 0.0754. The van der Waals surface area contributed by atoms with E-state index in [4.69, 9.17) is 0 Å². The number of carbonyl (C=O) groups is 2. The highest BCUT2D eigenvalue weighted by molar-refractivity contribution is 8.00. The van der Waals surface area contributed by atoms with E-state index >= 15 is 0 Å². The molecule has 1 amide bonds. The molecule has 2 atom stereocenters. The number of aromatic nitrogens is 4. The van der Waals surface area contributed by atoms with Gasteiger partial charge in [-0.15, -0.1) is 5.10 Å². The Morgan fingerprint density at radius 2 is 2.14 bits per heavy atom. The van der Waals surface area contributed by atoms with Crippen LogP contribution in [0.5, 0.6) is 0 Å². The highest BCUT2D eigenvalue weighted by Crippen LogP contribution is 2.20. The molecule has 8 nitrogen and oxygen atoms in total. The molecule has 0 aliphatic rings. The third-order valence-corrected chi connectivity index (χ3v) is 3.84. The van der Waals surface area contributed by atoms with E-state index in [0.29, 0.717) is 5.16 Å². The zero-order valence-electron chi connectivity index (χ0n) is 12.7. The lowest BCUT2D eigenvalue weighted by molar-refractivity contribution is -0.141. The van der Waals surface area contributed by atoms with E-state index in [1.807, 2.05) is 6.92 Å². The molecule has 0 aliphatic carbocycles. The van der Waals surface area contributed by atoms with Gasteiger partial charge in [0.2, 0.25) is 11.1 Å². The Kier molecular flexibility index (Phi) is 7.13. The van der Waals surface area contributed by atoms with Crippen LogP contribution in [-0.4, -0.2) is 50.5 Å². The van der Waals surface area contributed by atoms with Crippen molar-refractivity contribution in [2.24, 2.45) is 0 Å². The Morgan fingerprint density at radius 1 is 1.43 bits per heavy atom. The lowest BCUT2D eigenvalue weighted by Crippen LogP contribution is -2.37. The van der Waals surface area contributed by atoms with Crippen LogP contribution in [0.4, 0.5) is 0 Å². The van der Waals surface area contributed by atoms with Gasteiger partial charge < -0.3 is 10.1 Å². The van der Waals surface area contributed by atoms with Gasteiger partial charge in [0.15, 0.2) is 0 Å². The van der Waals surface area contributed by atoms with Gasteiger partial charge in [0.1, 0.15) is 6.54 Å². The highest BCUT2D eigenvalue weighted by atomic mass is 32.2. The van der Waals surface area contributed by atoms with Crippen molar-refractivity contribution in [2.45, 2.75) is 56.6 Å². The SMILES string of the molecule is CCCC(C)NC(=O)C(C)Sc1nnnn1CC(=O)OC. The molecule has 118 valence electrons. The minimum atomic E-state index is -0.446. The van der Waals surface area contributed by atoms with E-state index in [9.17, 15) is 9.59 Å². The number of hydrogen-bond acceptors (Lipinski definition) is 7.